The Balaban J connectivity index is 3.43. The van der Waals surface area contributed by atoms with Crippen molar-refractivity contribution in [2.75, 3.05) is 6.61 Å². The lowest BCUT2D eigenvalue weighted by Gasteiger charge is -2.02. The SMILES string of the molecule is CCC/C(=N/N)OCC. The number of nitrogens with two attached hydrogens (primary N) is 1. The van der Waals surface area contributed by atoms with Crippen molar-refractivity contribution in [1.29, 1.82) is 0 Å². The summed E-state index contributed by atoms with van der Waals surface area (Å²) in [5.74, 6) is 5.66. The van der Waals surface area contributed by atoms with Gasteiger partial charge in [-0.1, -0.05) is 6.92 Å². The van der Waals surface area contributed by atoms with E-state index in [0.29, 0.717) is 12.5 Å². The van der Waals surface area contributed by atoms with Crippen LogP contribution in [0.15, 0.2) is 5.10 Å². The van der Waals surface area contributed by atoms with Crippen LogP contribution in [0.4, 0.5) is 0 Å². The first-order valence-corrected chi connectivity index (χ1v) is 3.24. The highest BCUT2D eigenvalue weighted by Gasteiger charge is 1.93. The first kappa shape index (κ1) is 8.27. The van der Waals surface area contributed by atoms with E-state index in [0.717, 1.165) is 12.8 Å². The van der Waals surface area contributed by atoms with Crippen molar-refractivity contribution < 1.29 is 4.74 Å². The minimum atomic E-state index is 0.649. The monoisotopic (exact) mass is 130 g/mol. The molecule has 0 rings (SSSR count). The van der Waals surface area contributed by atoms with Gasteiger partial charge in [0.15, 0.2) is 0 Å². The van der Waals surface area contributed by atoms with Crippen LogP contribution in [0.25, 0.3) is 0 Å². The van der Waals surface area contributed by atoms with E-state index in [-0.39, 0.29) is 0 Å². The van der Waals surface area contributed by atoms with Crippen molar-refractivity contribution >= 4 is 5.90 Å². The molecule has 0 spiro atoms. The number of hydrogen-bond acceptors (Lipinski definition) is 3. The molecule has 0 bridgehead atoms. The number of hydrogen-bond donors (Lipinski definition) is 1. The zero-order valence-corrected chi connectivity index (χ0v) is 6.05. The quantitative estimate of drug-likeness (QED) is 0.269. The Labute approximate surface area is 55.9 Å². The van der Waals surface area contributed by atoms with E-state index in [4.69, 9.17) is 10.6 Å². The second kappa shape index (κ2) is 5.41. The third-order valence-electron chi connectivity index (χ3n) is 0.919. The molecule has 0 aromatic rings. The molecule has 0 saturated carbocycles. The molecule has 0 saturated heterocycles. The summed E-state index contributed by atoms with van der Waals surface area (Å²) in [6, 6.07) is 0. The van der Waals surface area contributed by atoms with E-state index in [1.54, 1.807) is 0 Å². The maximum atomic E-state index is 5.06. The van der Waals surface area contributed by atoms with Gasteiger partial charge in [-0.25, -0.2) is 0 Å². The highest BCUT2D eigenvalue weighted by molar-refractivity contribution is 5.75. The second-order valence-corrected chi connectivity index (χ2v) is 1.71. The molecule has 0 aliphatic rings. The Morgan fingerprint density at radius 3 is 2.56 bits per heavy atom. The highest BCUT2D eigenvalue weighted by Crippen LogP contribution is 1.91. The average molecular weight is 130 g/mol. The molecule has 0 aromatic carbocycles. The Morgan fingerprint density at radius 2 is 2.22 bits per heavy atom. The van der Waals surface area contributed by atoms with Gasteiger partial charge in [0.2, 0.25) is 5.90 Å². The lowest BCUT2D eigenvalue weighted by atomic mass is 10.3. The van der Waals surface area contributed by atoms with Crippen molar-refractivity contribution in [2.24, 2.45) is 10.9 Å². The first-order chi connectivity index (χ1) is 4.35. The van der Waals surface area contributed by atoms with Gasteiger partial charge in [0.05, 0.1) is 6.61 Å². The Morgan fingerprint density at radius 1 is 1.56 bits per heavy atom. The molecule has 0 aliphatic carbocycles. The van der Waals surface area contributed by atoms with E-state index in [1.807, 2.05) is 6.92 Å². The molecule has 0 aliphatic heterocycles. The summed E-state index contributed by atoms with van der Waals surface area (Å²) in [5, 5.41) is 3.46. The van der Waals surface area contributed by atoms with Gasteiger partial charge in [0.1, 0.15) is 0 Å². The Bertz CT molecular complexity index is 83.1. The Hall–Kier alpha value is -0.730. The molecule has 3 nitrogen and oxygen atoms in total. The summed E-state index contributed by atoms with van der Waals surface area (Å²) in [5.41, 5.74) is 0. The van der Waals surface area contributed by atoms with Crippen LogP contribution in [-0.2, 0) is 4.74 Å². The van der Waals surface area contributed by atoms with Crippen LogP contribution in [0.3, 0.4) is 0 Å². The van der Waals surface area contributed by atoms with Crippen LogP contribution in [-0.4, -0.2) is 12.5 Å². The first-order valence-electron chi connectivity index (χ1n) is 3.24. The van der Waals surface area contributed by atoms with Gasteiger partial charge < -0.3 is 10.6 Å². The summed E-state index contributed by atoms with van der Waals surface area (Å²) >= 11 is 0. The van der Waals surface area contributed by atoms with Crippen LogP contribution in [0.5, 0.6) is 0 Å². The van der Waals surface area contributed by atoms with E-state index in [1.165, 1.54) is 0 Å². The molecule has 0 heterocycles. The topological polar surface area (TPSA) is 47.6 Å². The van der Waals surface area contributed by atoms with Gasteiger partial charge in [-0.15, -0.1) is 5.10 Å². The van der Waals surface area contributed by atoms with Crippen LogP contribution in [0.1, 0.15) is 26.7 Å². The molecule has 54 valence electrons. The van der Waals surface area contributed by atoms with E-state index in [2.05, 4.69) is 12.0 Å². The zero-order valence-electron chi connectivity index (χ0n) is 6.05. The number of ether oxygens (including phenoxy) is 1. The lowest BCUT2D eigenvalue weighted by molar-refractivity contribution is 0.315. The van der Waals surface area contributed by atoms with Crippen LogP contribution in [0.2, 0.25) is 0 Å². The fraction of sp³-hybridized carbons (Fsp3) is 0.833. The Kier molecular flexibility index (Phi) is 4.97. The van der Waals surface area contributed by atoms with Gasteiger partial charge in [-0.05, 0) is 13.3 Å². The second-order valence-electron chi connectivity index (χ2n) is 1.71. The van der Waals surface area contributed by atoms with E-state index < -0.39 is 0 Å². The number of nitrogens with zero attached hydrogens (tertiary/aromatic N) is 1. The summed E-state index contributed by atoms with van der Waals surface area (Å²) in [7, 11) is 0. The van der Waals surface area contributed by atoms with Crippen molar-refractivity contribution in [3.05, 3.63) is 0 Å². The predicted molar refractivity (Wildman–Crippen MR) is 38.2 cm³/mol. The molecule has 2 N–H and O–H groups in total. The predicted octanol–water partition coefficient (Wildman–Crippen LogP) is 1.10. The van der Waals surface area contributed by atoms with Crippen molar-refractivity contribution in [3.8, 4) is 0 Å². The molecule has 9 heavy (non-hydrogen) atoms. The summed E-state index contributed by atoms with van der Waals surface area (Å²) in [4.78, 5) is 0. The zero-order chi connectivity index (χ0) is 7.11. The van der Waals surface area contributed by atoms with Gasteiger partial charge in [-0.3, -0.25) is 0 Å². The van der Waals surface area contributed by atoms with Gasteiger partial charge in [0.25, 0.3) is 0 Å². The number of hydrazone groups is 1. The average Bonchev–Trinajstić information content (AvgIpc) is 1.88. The maximum absolute atomic E-state index is 5.06. The van der Waals surface area contributed by atoms with E-state index in [9.17, 15) is 0 Å². The molecule has 0 unspecified atom stereocenters. The van der Waals surface area contributed by atoms with Crippen LogP contribution >= 0.6 is 0 Å². The largest absolute Gasteiger partial charge is 0.480 e. The lowest BCUT2D eigenvalue weighted by Crippen LogP contribution is -2.06. The van der Waals surface area contributed by atoms with E-state index >= 15 is 0 Å². The minimum absolute atomic E-state index is 0.649. The third-order valence-corrected chi connectivity index (χ3v) is 0.919. The maximum Gasteiger partial charge on any atom is 0.205 e. The molecule has 0 atom stereocenters. The van der Waals surface area contributed by atoms with Gasteiger partial charge in [-0.2, -0.15) is 0 Å². The molecular formula is C6H14N2O. The summed E-state index contributed by atoms with van der Waals surface area (Å²) in [6.45, 7) is 4.63. The normalized spacial score (nSPS) is 11.6. The van der Waals surface area contributed by atoms with Crippen LogP contribution < -0.4 is 5.84 Å². The van der Waals surface area contributed by atoms with Crippen molar-refractivity contribution in [2.45, 2.75) is 26.7 Å². The van der Waals surface area contributed by atoms with Crippen LogP contribution in [0, 0.1) is 0 Å². The minimum Gasteiger partial charge on any atom is -0.480 e. The van der Waals surface area contributed by atoms with Gasteiger partial charge >= 0.3 is 0 Å². The summed E-state index contributed by atoms with van der Waals surface area (Å²) in [6.07, 6.45) is 1.86. The molecule has 0 aromatic heterocycles. The summed E-state index contributed by atoms with van der Waals surface area (Å²) < 4.78 is 5.06. The third kappa shape index (κ3) is 3.82. The molecule has 3 heteroatoms. The van der Waals surface area contributed by atoms with Crippen molar-refractivity contribution in [3.63, 3.8) is 0 Å². The molecular weight excluding hydrogens is 116 g/mol. The molecule has 0 radical (unpaired) electrons. The fourth-order valence-corrected chi connectivity index (χ4v) is 0.554. The highest BCUT2D eigenvalue weighted by atomic mass is 16.5. The number of rotatable bonds is 3. The molecule has 0 amide bonds. The van der Waals surface area contributed by atoms with Crippen molar-refractivity contribution in [1.82, 2.24) is 0 Å². The smallest absolute Gasteiger partial charge is 0.205 e. The standard InChI is InChI=1S/C6H14N2O/c1-3-5-6(8-7)9-4-2/h3-5,7H2,1-2H3/b8-6-. The fourth-order valence-electron chi connectivity index (χ4n) is 0.554. The van der Waals surface area contributed by atoms with Gasteiger partial charge in [0, 0.05) is 6.42 Å². The molecule has 0 fully saturated rings.